The second kappa shape index (κ2) is 11.0. The Hall–Kier alpha value is -3.33. The Morgan fingerprint density at radius 2 is 2.00 bits per heavy atom. The second-order valence-electron chi connectivity index (χ2n) is 8.69. The number of benzene rings is 1. The van der Waals surface area contributed by atoms with Crippen LogP contribution in [0, 0.1) is 0 Å². The van der Waals surface area contributed by atoms with Gasteiger partial charge in [-0.05, 0) is 56.5 Å². The molecule has 190 valence electrons. The van der Waals surface area contributed by atoms with Crippen molar-refractivity contribution >= 4 is 52.3 Å². The van der Waals surface area contributed by atoms with E-state index >= 15 is 4.39 Å². The molecule has 1 aliphatic rings. The van der Waals surface area contributed by atoms with Crippen LogP contribution >= 0.6 is 23.2 Å². The number of hydrogen-bond donors (Lipinski definition) is 0. The van der Waals surface area contributed by atoms with E-state index in [4.69, 9.17) is 37.8 Å². The third-order valence-electron chi connectivity index (χ3n) is 6.19. The predicted molar refractivity (Wildman–Crippen MR) is 140 cm³/mol. The summed E-state index contributed by atoms with van der Waals surface area (Å²) >= 11 is 12.6. The largest absolute Gasteiger partial charge is 0.486 e. The molecule has 3 aromatic heterocycles. The molecule has 7 nitrogen and oxygen atoms in total. The van der Waals surface area contributed by atoms with E-state index in [2.05, 4.69) is 9.97 Å². The number of carbonyl (C=O) groups excluding carboxylic acids is 1. The van der Waals surface area contributed by atoms with Crippen LogP contribution < -0.4 is 4.74 Å². The van der Waals surface area contributed by atoms with Crippen molar-refractivity contribution < 1.29 is 18.7 Å². The molecule has 4 heterocycles. The first-order chi connectivity index (χ1) is 17.9. The van der Waals surface area contributed by atoms with E-state index in [1.807, 2.05) is 25.1 Å². The van der Waals surface area contributed by atoms with Crippen molar-refractivity contribution in [3.8, 4) is 5.75 Å². The lowest BCUT2D eigenvalue weighted by molar-refractivity contribution is -0.0367. The standard InChI is InChI=1S/C27H23Cl2FN4O3/c1-16(27-21(28)13-31-14-22(27)29)37-19-7-8-25-20(10-19)24(33-34(25)26-4-2-3-9-36-26)11-23(30)17-5-6-18(15-35)32-12-17/h5-8,10-16,26H,2-4,9H2,1H3/b23-11-. The SMILES string of the molecule is CC(Oc1ccc2c(c1)c(/C=C(\F)c1ccc(C=O)nc1)nn2C1CCCCO1)c1c(Cl)cncc1Cl. The highest BCUT2D eigenvalue weighted by Gasteiger charge is 2.22. The van der Waals surface area contributed by atoms with Crippen LogP contribution in [0.4, 0.5) is 4.39 Å². The normalized spacial score (nSPS) is 17.1. The molecule has 4 aromatic rings. The van der Waals surface area contributed by atoms with Crippen LogP contribution in [-0.2, 0) is 4.74 Å². The zero-order chi connectivity index (χ0) is 25.9. The van der Waals surface area contributed by atoms with Gasteiger partial charge in [-0.15, -0.1) is 0 Å². The molecule has 0 spiro atoms. The lowest BCUT2D eigenvalue weighted by Crippen LogP contribution is -2.19. The molecule has 0 saturated carbocycles. The van der Waals surface area contributed by atoms with Crippen LogP contribution in [0.25, 0.3) is 22.8 Å². The summed E-state index contributed by atoms with van der Waals surface area (Å²) in [4.78, 5) is 18.8. The van der Waals surface area contributed by atoms with Crippen LogP contribution in [-0.4, -0.2) is 32.6 Å². The van der Waals surface area contributed by atoms with Gasteiger partial charge in [-0.1, -0.05) is 23.2 Å². The third-order valence-corrected chi connectivity index (χ3v) is 6.79. The number of pyridine rings is 2. The topological polar surface area (TPSA) is 79.1 Å². The molecule has 0 N–H and O–H groups in total. The number of rotatable bonds is 7. The highest BCUT2D eigenvalue weighted by molar-refractivity contribution is 6.35. The monoisotopic (exact) mass is 540 g/mol. The summed E-state index contributed by atoms with van der Waals surface area (Å²) in [6.07, 6.45) is 8.44. The number of nitrogens with zero attached hydrogens (tertiary/aromatic N) is 4. The maximum Gasteiger partial charge on any atom is 0.168 e. The van der Waals surface area contributed by atoms with Gasteiger partial charge in [0.2, 0.25) is 0 Å². The average Bonchev–Trinajstić information content (AvgIpc) is 3.26. The van der Waals surface area contributed by atoms with Crippen molar-refractivity contribution in [1.29, 1.82) is 0 Å². The first kappa shape index (κ1) is 25.3. The second-order valence-corrected chi connectivity index (χ2v) is 9.50. The average molecular weight is 541 g/mol. The minimum atomic E-state index is -0.531. The lowest BCUT2D eigenvalue weighted by atomic mass is 10.1. The summed E-state index contributed by atoms with van der Waals surface area (Å²) in [7, 11) is 0. The molecule has 2 atom stereocenters. The van der Waals surface area contributed by atoms with E-state index in [-0.39, 0.29) is 17.5 Å². The molecule has 1 fully saturated rings. The molecule has 10 heteroatoms. The Bertz CT molecular complexity index is 1450. The lowest BCUT2D eigenvalue weighted by Gasteiger charge is -2.23. The highest BCUT2D eigenvalue weighted by Crippen LogP contribution is 2.36. The summed E-state index contributed by atoms with van der Waals surface area (Å²) in [6.45, 7) is 2.49. The Morgan fingerprint density at radius 1 is 1.19 bits per heavy atom. The molecule has 2 unspecified atom stereocenters. The number of aromatic nitrogens is 4. The Morgan fingerprint density at radius 3 is 2.68 bits per heavy atom. The van der Waals surface area contributed by atoms with E-state index in [1.54, 1.807) is 4.68 Å². The quantitative estimate of drug-likeness (QED) is 0.229. The maximum absolute atomic E-state index is 15.2. The molecular formula is C27H23Cl2FN4O3. The first-order valence-electron chi connectivity index (χ1n) is 11.8. The van der Waals surface area contributed by atoms with Gasteiger partial charge in [-0.2, -0.15) is 5.10 Å². The fourth-order valence-electron chi connectivity index (χ4n) is 4.35. The van der Waals surface area contributed by atoms with Crippen molar-refractivity contribution in [2.75, 3.05) is 6.61 Å². The Balaban J connectivity index is 1.54. The van der Waals surface area contributed by atoms with Gasteiger partial charge in [-0.3, -0.25) is 14.8 Å². The van der Waals surface area contributed by atoms with Gasteiger partial charge < -0.3 is 9.47 Å². The summed E-state index contributed by atoms with van der Waals surface area (Å²) in [5, 5.41) is 6.22. The van der Waals surface area contributed by atoms with Gasteiger partial charge >= 0.3 is 0 Å². The number of ether oxygens (including phenoxy) is 2. The van der Waals surface area contributed by atoms with Gasteiger partial charge in [0, 0.05) is 47.8 Å². The Labute approximate surface area is 222 Å². The third kappa shape index (κ3) is 5.37. The van der Waals surface area contributed by atoms with Gasteiger partial charge in [0.1, 0.15) is 23.4 Å². The van der Waals surface area contributed by atoms with E-state index in [0.717, 1.165) is 24.8 Å². The van der Waals surface area contributed by atoms with Crippen molar-refractivity contribution in [3.63, 3.8) is 0 Å². The molecule has 0 bridgehead atoms. The predicted octanol–water partition coefficient (Wildman–Crippen LogP) is 7.25. The van der Waals surface area contributed by atoms with Crippen molar-refractivity contribution in [1.82, 2.24) is 19.7 Å². The number of fused-ring (bicyclic) bond motifs is 1. The molecule has 37 heavy (non-hydrogen) atoms. The first-order valence-corrected chi connectivity index (χ1v) is 12.6. The van der Waals surface area contributed by atoms with Gasteiger partial charge in [-0.25, -0.2) is 9.07 Å². The summed E-state index contributed by atoms with van der Waals surface area (Å²) in [6, 6.07) is 8.49. The van der Waals surface area contributed by atoms with Crippen molar-refractivity contribution in [3.05, 3.63) is 81.5 Å². The van der Waals surface area contributed by atoms with Crippen LogP contribution in [0.3, 0.4) is 0 Å². The Kier molecular flexibility index (Phi) is 7.50. The fourth-order valence-corrected chi connectivity index (χ4v) is 5.02. The molecule has 0 aliphatic carbocycles. The molecule has 1 saturated heterocycles. The van der Waals surface area contributed by atoms with Crippen LogP contribution in [0.5, 0.6) is 5.75 Å². The van der Waals surface area contributed by atoms with E-state index in [9.17, 15) is 4.79 Å². The van der Waals surface area contributed by atoms with Crippen molar-refractivity contribution in [2.24, 2.45) is 0 Å². The molecule has 0 radical (unpaired) electrons. The minimum Gasteiger partial charge on any atom is -0.486 e. The van der Waals surface area contributed by atoms with Crippen LogP contribution in [0.2, 0.25) is 10.0 Å². The molecular weight excluding hydrogens is 518 g/mol. The van der Waals surface area contributed by atoms with Crippen LogP contribution in [0.15, 0.2) is 48.9 Å². The number of halogens is 3. The van der Waals surface area contributed by atoms with Gasteiger partial charge in [0.15, 0.2) is 12.5 Å². The van der Waals surface area contributed by atoms with Crippen molar-refractivity contribution in [2.45, 2.75) is 38.5 Å². The van der Waals surface area contributed by atoms with Gasteiger partial charge in [0.05, 0.1) is 21.3 Å². The van der Waals surface area contributed by atoms with Crippen LogP contribution in [0.1, 0.15) is 65.8 Å². The molecule has 5 rings (SSSR count). The highest BCUT2D eigenvalue weighted by atomic mass is 35.5. The zero-order valence-electron chi connectivity index (χ0n) is 19.9. The zero-order valence-corrected chi connectivity index (χ0v) is 21.4. The van der Waals surface area contributed by atoms with Gasteiger partial charge in [0.25, 0.3) is 0 Å². The van der Waals surface area contributed by atoms with E-state index in [0.29, 0.717) is 45.3 Å². The maximum atomic E-state index is 15.2. The molecule has 0 amide bonds. The minimum absolute atomic E-state index is 0.228. The number of hydrogen-bond acceptors (Lipinski definition) is 6. The molecule has 1 aliphatic heterocycles. The molecule has 1 aromatic carbocycles. The van der Waals surface area contributed by atoms with E-state index < -0.39 is 11.9 Å². The number of aldehydes is 1. The fraction of sp³-hybridized carbons (Fsp3) is 0.259. The smallest absolute Gasteiger partial charge is 0.168 e. The summed E-state index contributed by atoms with van der Waals surface area (Å²) < 4.78 is 29.2. The van der Waals surface area contributed by atoms with E-state index in [1.165, 1.54) is 36.8 Å². The summed E-state index contributed by atoms with van der Waals surface area (Å²) in [5.41, 5.74) is 2.30. The number of carbonyl (C=O) groups is 1. The summed E-state index contributed by atoms with van der Waals surface area (Å²) in [5.74, 6) is 0.0104.